The van der Waals surface area contributed by atoms with E-state index in [0.717, 1.165) is 13.1 Å². The summed E-state index contributed by atoms with van der Waals surface area (Å²) in [7, 11) is 2.21. The molecule has 2 fully saturated rings. The molecule has 0 aromatic carbocycles. The first kappa shape index (κ1) is 9.44. The van der Waals surface area contributed by atoms with E-state index in [2.05, 4.69) is 29.5 Å². The summed E-state index contributed by atoms with van der Waals surface area (Å²) in [6, 6.07) is 0.636. The van der Waals surface area contributed by atoms with Gasteiger partial charge < -0.3 is 15.5 Å². The lowest BCUT2D eigenvalue weighted by atomic mass is 9.85. The third-order valence-electron chi connectivity index (χ3n) is 3.41. The zero-order valence-electron chi connectivity index (χ0n) is 8.77. The van der Waals surface area contributed by atoms with Crippen LogP contribution in [0.3, 0.4) is 0 Å². The van der Waals surface area contributed by atoms with Crippen molar-refractivity contribution in [1.29, 1.82) is 0 Å². The molecular formula is C10H21N3. The number of likely N-dealkylation sites (tertiary alicyclic amines) is 1. The summed E-state index contributed by atoms with van der Waals surface area (Å²) < 4.78 is 0. The lowest BCUT2D eigenvalue weighted by Gasteiger charge is -2.46. The smallest absolute Gasteiger partial charge is 0.0333 e. The van der Waals surface area contributed by atoms with E-state index in [1.165, 1.54) is 25.9 Å². The van der Waals surface area contributed by atoms with E-state index in [9.17, 15) is 0 Å². The van der Waals surface area contributed by atoms with Crippen LogP contribution in [0.1, 0.15) is 19.8 Å². The molecule has 1 atom stereocenters. The predicted octanol–water partition coefficient (Wildman–Crippen LogP) is 0.0321. The first-order chi connectivity index (χ1) is 6.20. The molecule has 0 aromatic rings. The summed E-state index contributed by atoms with van der Waals surface area (Å²) >= 11 is 0. The lowest BCUT2D eigenvalue weighted by molar-refractivity contribution is 0.123. The Morgan fingerprint density at radius 3 is 2.62 bits per heavy atom. The highest BCUT2D eigenvalue weighted by Crippen LogP contribution is 2.23. The maximum absolute atomic E-state index is 3.76. The summed E-state index contributed by atoms with van der Waals surface area (Å²) in [4.78, 5) is 2.42. The minimum absolute atomic E-state index is 0.407. The Balaban J connectivity index is 1.95. The highest BCUT2D eigenvalue weighted by atomic mass is 15.2. The van der Waals surface area contributed by atoms with E-state index in [4.69, 9.17) is 0 Å². The topological polar surface area (TPSA) is 27.3 Å². The summed E-state index contributed by atoms with van der Waals surface area (Å²) in [5.74, 6) is 0. The second-order valence-electron chi connectivity index (χ2n) is 4.76. The molecule has 0 amide bonds. The molecule has 2 rings (SSSR count). The third kappa shape index (κ3) is 2.03. The number of hydrogen-bond donors (Lipinski definition) is 2. The van der Waals surface area contributed by atoms with E-state index in [0.29, 0.717) is 11.6 Å². The number of rotatable bonds is 0. The Morgan fingerprint density at radius 2 is 2.00 bits per heavy atom. The normalized spacial score (nSPS) is 35.1. The monoisotopic (exact) mass is 183 g/mol. The highest BCUT2D eigenvalue weighted by molar-refractivity contribution is 4.99. The largest absolute Gasteiger partial charge is 0.313 e. The molecule has 0 bridgehead atoms. The van der Waals surface area contributed by atoms with Gasteiger partial charge >= 0.3 is 0 Å². The molecule has 3 heteroatoms. The molecule has 3 nitrogen and oxygen atoms in total. The van der Waals surface area contributed by atoms with Crippen molar-refractivity contribution in [2.75, 3.05) is 33.2 Å². The minimum Gasteiger partial charge on any atom is -0.313 e. The van der Waals surface area contributed by atoms with Gasteiger partial charge in [0.15, 0.2) is 0 Å². The molecular weight excluding hydrogens is 162 g/mol. The van der Waals surface area contributed by atoms with Gasteiger partial charge in [-0.2, -0.15) is 0 Å². The van der Waals surface area contributed by atoms with Crippen molar-refractivity contribution >= 4 is 0 Å². The summed E-state index contributed by atoms with van der Waals surface area (Å²) in [6.07, 6.45) is 2.58. The predicted molar refractivity (Wildman–Crippen MR) is 54.9 cm³/mol. The number of piperidine rings is 1. The first-order valence-corrected chi connectivity index (χ1v) is 5.37. The highest BCUT2D eigenvalue weighted by Gasteiger charge is 2.36. The Hall–Kier alpha value is -0.120. The third-order valence-corrected chi connectivity index (χ3v) is 3.41. The fourth-order valence-corrected chi connectivity index (χ4v) is 2.52. The Labute approximate surface area is 80.9 Å². The minimum atomic E-state index is 0.407. The van der Waals surface area contributed by atoms with Gasteiger partial charge in [0.25, 0.3) is 0 Å². The molecule has 2 N–H and O–H groups in total. The molecule has 1 spiro atoms. The van der Waals surface area contributed by atoms with Crippen LogP contribution in [-0.2, 0) is 0 Å². The molecule has 2 aliphatic heterocycles. The van der Waals surface area contributed by atoms with Gasteiger partial charge in [0.1, 0.15) is 0 Å². The van der Waals surface area contributed by atoms with Gasteiger partial charge in [0, 0.05) is 24.7 Å². The number of piperazine rings is 1. The average Bonchev–Trinajstić information content (AvgIpc) is 2.11. The van der Waals surface area contributed by atoms with Gasteiger partial charge in [-0.25, -0.2) is 0 Å². The Bertz CT molecular complexity index is 173. The average molecular weight is 183 g/mol. The van der Waals surface area contributed by atoms with Gasteiger partial charge in [0.05, 0.1) is 0 Å². The number of hydrogen-bond acceptors (Lipinski definition) is 3. The van der Waals surface area contributed by atoms with E-state index in [1.807, 2.05) is 0 Å². The van der Waals surface area contributed by atoms with Crippen molar-refractivity contribution in [3.8, 4) is 0 Å². The van der Waals surface area contributed by atoms with Crippen LogP contribution in [0.4, 0.5) is 0 Å². The van der Waals surface area contributed by atoms with Gasteiger partial charge in [-0.05, 0) is 39.9 Å². The standard InChI is InChI=1S/C10H21N3/c1-9-7-11-8-10(12-9)3-5-13(2)6-4-10/h9,11-12H,3-8H2,1-2H3/t9-/m0/s1. The van der Waals surface area contributed by atoms with Crippen molar-refractivity contribution in [2.45, 2.75) is 31.3 Å². The van der Waals surface area contributed by atoms with Crippen molar-refractivity contribution in [3.63, 3.8) is 0 Å². The molecule has 0 saturated carbocycles. The van der Waals surface area contributed by atoms with E-state index in [1.54, 1.807) is 0 Å². The summed E-state index contributed by atoms with van der Waals surface area (Å²) in [5, 5.41) is 7.29. The fourth-order valence-electron chi connectivity index (χ4n) is 2.52. The van der Waals surface area contributed by atoms with E-state index in [-0.39, 0.29) is 0 Å². The van der Waals surface area contributed by atoms with Crippen LogP contribution < -0.4 is 10.6 Å². The number of nitrogens with zero attached hydrogens (tertiary/aromatic N) is 1. The zero-order valence-corrected chi connectivity index (χ0v) is 8.77. The van der Waals surface area contributed by atoms with Crippen LogP contribution in [-0.4, -0.2) is 49.7 Å². The molecule has 0 unspecified atom stereocenters. The van der Waals surface area contributed by atoms with Gasteiger partial charge in [-0.1, -0.05) is 0 Å². The van der Waals surface area contributed by atoms with Crippen LogP contribution >= 0.6 is 0 Å². The van der Waals surface area contributed by atoms with Gasteiger partial charge in [-0.15, -0.1) is 0 Å². The first-order valence-electron chi connectivity index (χ1n) is 5.37. The Morgan fingerprint density at radius 1 is 1.31 bits per heavy atom. The van der Waals surface area contributed by atoms with Gasteiger partial charge in [-0.3, -0.25) is 0 Å². The van der Waals surface area contributed by atoms with Crippen LogP contribution in [0.2, 0.25) is 0 Å². The second-order valence-corrected chi connectivity index (χ2v) is 4.76. The summed E-state index contributed by atoms with van der Waals surface area (Å²) in [5.41, 5.74) is 0.407. The van der Waals surface area contributed by atoms with Crippen molar-refractivity contribution in [1.82, 2.24) is 15.5 Å². The van der Waals surface area contributed by atoms with Crippen LogP contribution in [0.15, 0.2) is 0 Å². The molecule has 76 valence electrons. The molecule has 0 aliphatic carbocycles. The molecule has 0 radical (unpaired) electrons. The second kappa shape index (κ2) is 3.56. The maximum atomic E-state index is 3.76. The zero-order chi connectivity index (χ0) is 9.31. The van der Waals surface area contributed by atoms with Crippen molar-refractivity contribution < 1.29 is 0 Å². The van der Waals surface area contributed by atoms with Crippen molar-refractivity contribution in [3.05, 3.63) is 0 Å². The van der Waals surface area contributed by atoms with E-state index < -0.39 is 0 Å². The van der Waals surface area contributed by atoms with Gasteiger partial charge in [0.2, 0.25) is 0 Å². The molecule has 13 heavy (non-hydrogen) atoms. The molecule has 2 saturated heterocycles. The van der Waals surface area contributed by atoms with Crippen LogP contribution in [0, 0.1) is 0 Å². The molecule has 0 aromatic heterocycles. The maximum Gasteiger partial charge on any atom is 0.0333 e. The lowest BCUT2D eigenvalue weighted by Crippen LogP contribution is -2.65. The van der Waals surface area contributed by atoms with Crippen molar-refractivity contribution in [2.24, 2.45) is 0 Å². The Kier molecular flexibility index (Phi) is 2.58. The number of nitrogens with one attached hydrogen (secondary N) is 2. The molecule has 2 aliphatic rings. The van der Waals surface area contributed by atoms with Crippen LogP contribution in [0.5, 0.6) is 0 Å². The van der Waals surface area contributed by atoms with Crippen LogP contribution in [0.25, 0.3) is 0 Å². The quantitative estimate of drug-likeness (QED) is 0.555. The SMILES string of the molecule is C[C@H]1CNCC2(CCN(C)CC2)N1. The molecule has 2 heterocycles. The fraction of sp³-hybridized carbons (Fsp3) is 1.00. The summed E-state index contributed by atoms with van der Waals surface area (Å²) in [6.45, 7) is 7.03. The van der Waals surface area contributed by atoms with E-state index >= 15 is 0 Å².